The smallest absolute Gasteiger partial charge is 0.263 e. The van der Waals surface area contributed by atoms with Gasteiger partial charge in [-0.1, -0.05) is 65.1 Å². The topological polar surface area (TPSA) is 72.2 Å². The van der Waals surface area contributed by atoms with Crippen LogP contribution in [0.25, 0.3) is 10.1 Å². The molecule has 4 nitrogen and oxygen atoms in total. The van der Waals surface area contributed by atoms with Crippen molar-refractivity contribution in [3.05, 3.63) is 68.0 Å². The summed E-state index contributed by atoms with van der Waals surface area (Å²) in [6, 6.07) is 11.0. The van der Waals surface area contributed by atoms with E-state index in [4.69, 9.17) is 40.5 Å². The quantitative estimate of drug-likeness (QED) is 0.644. The number of hydrogen-bond donors (Lipinski definition) is 2. The first-order chi connectivity index (χ1) is 11.9. The summed E-state index contributed by atoms with van der Waals surface area (Å²) in [6.07, 6.45) is 0. The number of rotatable bonds is 4. The SMILES string of the molecule is NC(=O)C(NC(=O)c1sc2cc(Cl)cc(Cl)c2c1Cl)c1ccccc1. The Bertz CT molecular complexity index is 973. The second kappa shape index (κ2) is 7.22. The predicted octanol–water partition coefficient (Wildman–Crippen LogP) is 4.82. The number of primary amides is 1. The van der Waals surface area contributed by atoms with E-state index in [1.54, 1.807) is 42.5 Å². The third-order valence-electron chi connectivity index (χ3n) is 3.55. The van der Waals surface area contributed by atoms with Crippen LogP contribution in [0.2, 0.25) is 15.1 Å². The van der Waals surface area contributed by atoms with Crippen LogP contribution in [0.15, 0.2) is 42.5 Å². The molecule has 2 amide bonds. The Morgan fingerprint density at radius 1 is 1.08 bits per heavy atom. The normalized spacial score (nSPS) is 12.1. The molecule has 0 bridgehead atoms. The molecular weight excluding hydrogens is 403 g/mol. The van der Waals surface area contributed by atoms with E-state index in [0.29, 0.717) is 25.7 Å². The molecule has 0 saturated carbocycles. The minimum absolute atomic E-state index is 0.218. The summed E-state index contributed by atoms with van der Waals surface area (Å²) in [4.78, 5) is 24.7. The van der Waals surface area contributed by atoms with Gasteiger partial charge in [-0.2, -0.15) is 0 Å². The maximum Gasteiger partial charge on any atom is 0.263 e. The monoisotopic (exact) mass is 412 g/mol. The average molecular weight is 414 g/mol. The highest BCUT2D eigenvalue weighted by Crippen LogP contribution is 2.41. The maximum absolute atomic E-state index is 12.7. The van der Waals surface area contributed by atoms with Crippen LogP contribution in [0.5, 0.6) is 0 Å². The van der Waals surface area contributed by atoms with Gasteiger partial charge < -0.3 is 11.1 Å². The molecule has 0 aliphatic heterocycles. The van der Waals surface area contributed by atoms with Gasteiger partial charge in [-0.15, -0.1) is 11.3 Å². The number of halogens is 3. The molecule has 3 N–H and O–H groups in total. The van der Waals surface area contributed by atoms with Crippen molar-refractivity contribution < 1.29 is 9.59 Å². The van der Waals surface area contributed by atoms with Crippen LogP contribution < -0.4 is 11.1 Å². The molecule has 0 aliphatic carbocycles. The zero-order chi connectivity index (χ0) is 18.1. The lowest BCUT2D eigenvalue weighted by molar-refractivity contribution is -0.120. The molecule has 1 atom stereocenters. The molecule has 1 unspecified atom stereocenters. The Morgan fingerprint density at radius 2 is 1.76 bits per heavy atom. The Labute approximate surface area is 162 Å². The summed E-state index contributed by atoms with van der Waals surface area (Å²) in [5.41, 5.74) is 6.02. The first-order valence-corrected chi connectivity index (χ1v) is 9.05. The number of fused-ring (bicyclic) bond motifs is 1. The van der Waals surface area contributed by atoms with Gasteiger partial charge in [0.2, 0.25) is 5.91 Å². The van der Waals surface area contributed by atoms with Gasteiger partial charge in [0.25, 0.3) is 5.91 Å². The van der Waals surface area contributed by atoms with Gasteiger partial charge in [-0.05, 0) is 17.7 Å². The fraction of sp³-hybridized carbons (Fsp3) is 0.0588. The van der Waals surface area contributed by atoms with Crippen LogP contribution in [-0.4, -0.2) is 11.8 Å². The second-order valence-electron chi connectivity index (χ2n) is 5.23. The number of amides is 2. The van der Waals surface area contributed by atoms with E-state index in [0.717, 1.165) is 11.3 Å². The molecule has 3 aromatic rings. The molecular formula is C17H11Cl3N2O2S. The van der Waals surface area contributed by atoms with Crippen molar-refractivity contribution in [1.82, 2.24) is 5.32 Å². The van der Waals surface area contributed by atoms with Gasteiger partial charge in [-0.25, -0.2) is 0 Å². The fourth-order valence-corrected chi connectivity index (χ4v) is 4.70. The minimum atomic E-state index is -0.964. The standard InChI is InChI=1S/C17H11Cl3N2O2S/c18-9-6-10(19)12-11(7-9)25-15(13(12)20)17(24)22-14(16(21)23)8-4-2-1-3-5-8/h1-7,14H,(H2,21,23)(H,22,24). The molecule has 0 spiro atoms. The molecule has 3 rings (SSSR count). The predicted molar refractivity (Wildman–Crippen MR) is 103 cm³/mol. The van der Waals surface area contributed by atoms with E-state index >= 15 is 0 Å². The average Bonchev–Trinajstić information content (AvgIpc) is 2.89. The summed E-state index contributed by atoms with van der Waals surface area (Å²) in [5, 5.41) is 4.20. The van der Waals surface area contributed by atoms with Crippen LogP contribution in [0, 0.1) is 0 Å². The van der Waals surface area contributed by atoms with Crippen molar-refractivity contribution in [3.8, 4) is 0 Å². The van der Waals surface area contributed by atoms with E-state index in [1.807, 2.05) is 0 Å². The third-order valence-corrected chi connectivity index (χ3v) is 5.69. The minimum Gasteiger partial charge on any atom is -0.368 e. The lowest BCUT2D eigenvalue weighted by Gasteiger charge is -2.15. The largest absolute Gasteiger partial charge is 0.368 e. The van der Waals surface area contributed by atoms with Crippen molar-refractivity contribution in [3.63, 3.8) is 0 Å². The third kappa shape index (κ3) is 3.60. The highest BCUT2D eigenvalue weighted by Gasteiger charge is 2.25. The first kappa shape index (κ1) is 18.0. The van der Waals surface area contributed by atoms with Gasteiger partial charge in [0.15, 0.2) is 0 Å². The number of benzene rings is 2. The fourth-order valence-electron chi connectivity index (χ4n) is 2.42. The van der Waals surface area contributed by atoms with Crippen LogP contribution in [0.4, 0.5) is 0 Å². The second-order valence-corrected chi connectivity index (χ2v) is 7.50. The number of hydrogen-bond acceptors (Lipinski definition) is 3. The number of thiophene rings is 1. The zero-order valence-corrected chi connectivity index (χ0v) is 15.6. The van der Waals surface area contributed by atoms with Crippen LogP contribution in [0.1, 0.15) is 21.3 Å². The van der Waals surface area contributed by atoms with Crippen molar-refractivity contribution in [1.29, 1.82) is 0 Å². The molecule has 25 heavy (non-hydrogen) atoms. The highest BCUT2D eigenvalue weighted by molar-refractivity contribution is 7.21. The number of nitrogens with two attached hydrogens (primary N) is 1. The lowest BCUT2D eigenvalue weighted by Crippen LogP contribution is -2.37. The van der Waals surface area contributed by atoms with E-state index in [9.17, 15) is 9.59 Å². The Kier molecular flexibility index (Phi) is 5.20. The van der Waals surface area contributed by atoms with Crippen LogP contribution in [0.3, 0.4) is 0 Å². The molecule has 2 aromatic carbocycles. The Hall–Kier alpha value is -1.79. The van der Waals surface area contributed by atoms with Gasteiger partial charge in [0.05, 0.1) is 10.0 Å². The van der Waals surface area contributed by atoms with Crippen molar-refractivity contribution in [2.75, 3.05) is 0 Å². The Balaban J connectivity index is 1.98. The molecule has 0 aliphatic rings. The summed E-state index contributed by atoms with van der Waals surface area (Å²) in [5.74, 6) is -1.18. The maximum atomic E-state index is 12.7. The number of carbonyl (C=O) groups excluding carboxylic acids is 2. The summed E-state index contributed by atoms with van der Waals surface area (Å²) < 4.78 is 0.683. The van der Waals surface area contributed by atoms with E-state index in [-0.39, 0.29) is 9.90 Å². The van der Waals surface area contributed by atoms with Gasteiger partial charge in [0.1, 0.15) is 10.9 Å². The summed E-state index contributed by atoms with van der Waals surface area (Å²) >= 11 is 19.6. The van der Waals surface area contributed by atoms with Crippen molar-refractivity contribution in [2.45, 2.75) is 6.04 Å². The Morgan fingerprint density at radius 3 is 2.40 bits per heavy atom. The number of nitrogens with one attached hydrogen (secondary N) is 1. The molecule has 0 saturated heterocycles. The van der Waals surface area contributed by atoms with Crippen LogP contribution >= 0.6 is 46.1 Å². The lowest BCUT2D eigenvalue weighted by atomic mass is 10.1. The van der Waals surface area contributed by atoms with E-state index in [2.05, 4.69) is 5.32 Å². The highest BCUT2D eigenvalue weighted by atomic mass is 35.5. The molecule has 8 heteroatoms. The molecule has 128 valence electrons. The van der Waals surface area contributed by atoms with E-state index in [1.165, 1.54) is 0 Å². The molecule has 1 aromatic heterocycles. The summed E-state index contributed by atoms with van der Waals surface area (Å²) in [6.45, 7) is 0. The van der Waals surface area contributed by atoms with Gasteiger partial charge in [-0.3, -0.25) is 9.59 Å². The zero-order valence-electron chi connectivity index (χ0n) is 12.6. The van der Waals surface area contributed by atoms with Crippen molar-refractivity contribution in [2.24, 2.45) is 5.73 Å². The van der Waals surface area contributed by atoms with Crippen molar-refractivity contribution >= 4 is 68.0 Å². The first-order valence-electron chi connectivity index (χ1n) is 7.10. The van der Waals surface area contributed by atoms with Gasteiger partial charge >= 0.3 is 0 Å². The van der Waals surface area contributed by atoms with Crippen LogP contribution in [-0.2, 0) is 4.79 Å². The van der Waals surface area contributed by atoms with E-state index < -0.39 is 17.9 Å². The summed E-state index contributed by atoms with van der Waals surface area (Å²) in [7, 11) is 0. The molecule has 0 fully saturated rings. The molecule has 0 radical (unpaired) electrons. The van der Waals surface area contributed by atoms with Gasteiger partial charge in [0, 0.05) is 15.1 Å². The molecule has 1 heterocycles. The number of carbonyl (C=O) groups is 2.